The highest BCUT2D eigenvalue weighted by Crippen LogP contribution is 2.23. The molecule has 1 aliphatic heterocycles. The summed E-state index contributed by atoms with van der Waals surface area (Å²) in [6.07, 6.45) is 1.91. The molecule has 3 rings (SSSR count). The molecule has 1 unspecified atom stereocenters. The summed E-state index contributed by atoms with van der Waals surface area (Å²) in [6, 6.07) is 11.6. The van der Waals surface area contributed by atoms with Gasteiger partial charge in [-0.1, -0.05) is 24.3 Å². The standard InChI is InChI=1S/C15H17NO3/c16-13(14-6-3-7-17-14)8-15-18-9-11-4-1-2-5-12(11)10-19-15/h1-7,13,15H,8-10,16H2. The summed E-state index contributed by atoms with van der Waals surface area (Å²) in [5.74, 6) is 0.758. The first kappa shape index (κ1) is 12.4. The number of benzene rings is 1. The van der Waals surface area contributed by atoms with Gasteiger partial charge in [0.1, 0.15) is 5.76 Å². The van der Waals surface area contributed by atoms with Crippen molar-refractivity contribution in [2.45, 2.75) is 32.0 Å². The highest BCUT2D eigenvalue weighted by atomic mass is 16.7. The van der Waals surface area contributed by atoms with Crippen LogP contribution in [0, 0.1) is 0 Å². The van der Waals surface area contributed by atoms with E-state index in [1.807, 2.05) is 24.3 Å². The third kappa shape index (κ3) is 2.87. The average Bonchev–Trinajstić information content (AvgIpc) is 2.90. The van der Waals surface area contributed by atoms with Crippen LogP contribution >= 0.6 is 0 Å². The van der Waals surface area contributed by atoms with Gasteiger partial charge in [-0.05, 0) is 23.3 Å². The molecule has 0 spiro atoms. The van der Waals surface area contributed by atoms with Gasteiger partial charge in [-0.2, -0.15) is 0 Å². The molecule has 2 heterocycles. The number of hydrogen-bond acceptors (Lipinski definition) is 4. The summed E-state index contributed by atoms with van der Waals surface area (Å²) in [7, 11) is 0. The first-order chi connectivity index (χ1) is 9.33. The Kier molecular flexibility index (Phi) is 3.64. The van der Waals surface area contributed by atoms with Gasteiger partial charge < -0.3 is 19.6 Å². The van der Waals surface area contributed by atoms with Crippen molar-refractivity contribution in [1.29, 1.82) is 0 Å². The molecule has 4 nitrogen and oxygen atoms in total. The van der Waals surface area contributed by atoms with E-state index in [1.165, 1.54) is 11.1 Å². The van der Waals surface area contributed by atoms with Crippen molar-refractivity contribution in [2.75, 3.05) is 0 Å². The van der Waals surface area contributed by atoms with Crippen LogP contribution in [0.3, 0.4) is 0 Å². The van der Waals surface area contributed by atoms with E-state index in [1.54, 1.807) is 6.26 Å². The molecule has 1 aliphatic rings. The van der Waals surface area contributed by atoms with Gasteiger partial charge in [-0.25, -0.2) is 0 Å². The molecule has 1 atom stereocenters. The van der Waals surface area contributed by atoms with Crippen LogP contribution in [-0.2, 0) is 22.7 Å². The van der Waals surface area contributed by atoms with E-state index in [9.17, 15) is 0 Å². The van der Waals surface area contributed by atoms with Crippen LogP contribution in [0.5, 0.6) is 0 Å². The SMILES string of the molecule is NC(CC1OCc2ccccc2CO1)c1ccco1. The lowest BCUT2D eigenvalue weighted by atomic mass is 10.1. The van der Waals surface area contributed by atoms with Gasteiger partial charge in [-0.3, -0.25) is 0 Å². The quantitative estimate of drug-likeness (QED) is 0.920. The van der Waals surface area contributed by atoms with Gasteiger partial charge in [0.25, 0.3) is 0 Å². The van der Waals surface area contributed by atoms with Gasteiger partial charge in [-0.15, -0.1) is 0 Å². The predicted molar refractivity (Wildman–Crippen MR) is 70.1 cm³/mol. The van der Waals surface area contributed by atoms with Crippen LogP contribution in [0.15, 0.2) is 47.1 Å². The largest absolute Gasteiger partial charge is 0.468 e. The molecule has 0 amide bonds. The molecule has 100 valence electrons. The minimum Gasteiger partial charge on any atom is -0.468 e. The number of ether oxygens (including phenoxy) is 2. The lowest BCUT2D eigenvalue weighted by Gasteiger charge is -2.18. The smallest absolute Gasteiger partial charge is 0.160 e. The van der Waals surface area contributed by atoms with Crippen LogP contribution in [0.1, 0.15) is 29.3 Å². The Labute approximate surface area is 112 Å². The zero-order valence-corrected chi connectivity index (χ0v) is 10.6. The molecule has 0 fully saturated rings. The first-order valence-electron chi connectivity index (χ1n) is 6.42. The Morgan fingerprint density at radius 3 is 2.32 bits per heavy atom. The van der Waals surface area contributed by atoms with Crippen molar-refractivity contribution in [3.8, 4) is 0 Å². The van der Waals surface area contributed by atoms with Crippen LogP contribution in [0.25, 0.3) is 0 Å². The molecule has 0 saturated carbocycles. The van der Waals surface area contributed by atoms with Crippen LogP contribution in [0.2, 0.25) is 0 Å². The van der Waals surface area contributed by atoms with E-state index >= 15 is 0 Å². The van der Waals surface area contributed by atoms with Crippen LogP contribution in [-0.4, -0.2) is 6.29 Å². The lowest BCUT2D eigenvalue weighted by Crippen LogP contribution is -2.22. The monoisotopic (exact) mass is 259 g/mol. The van der Waals surface area contributed by atoms with Gasteiger partial charge in [0.2, 0.25) is 0 Å². The maximum absolute atomic E-state index is 6.07. The average molecular weight is 259 g/mol. The predicted octanol–water partition coefficient (Wildman–Crippen LogP) is 2.74. The fraction of sp³-hybridized carbons (Fsp3) is 0.333. The van der Waals surface area contributed by atoms with E-state index < -0.39 is 0 Å². The van der Waals surface area contributed by atoms with Crippen molar-refractivity contribution in [3.05, 3.63) is 59.5 Å². The zero-order chi connectivity index (χ0) is 13.1. The van der Waals surface area contributed by atoms with Crippen molar-refractivity contribution in [2.24, 2.45) is 5.73 Å². The number of furan rings is 1. The molecule has 0 saturated heterocycles. The molecule has 19 heavy (non-hydrogen) atoms. The maximum atomic E-state index is 6.07. The molecule has 1 aromatic heterocycles. The molecule has 2 N–H and O–H groups in total. The lowest BCUT2D eigenvalue weighted by molar-refractivity contribution is -0.155. The van der Waals surface area contributed by atoms with Crippen LogP contribution < -0.4 is 5.73 Å². The number of fused-ring (bicyclic) bond motifs is 1. The molecule has 1 aromatic carbocycles. The van der Waals surface area contributed by atoms with Gasteiger partial charge in [0.05, 0.1) is 25.5 Å². The second-order valence-corrected chi connectivity index (χ2v) is 4.68. The summed E-state index contributed by atoms with van der Waals surface area (Å²) >= 11 is 0. The highest BCUT2D eigenvalue weighted by molar-refractivity contribution is 5.26. The van der Waals surface area contributed by atoms with E-state index in [0.29, 0.717) is 19.6 Å². The molecular weight excluding hydrogens is 242 g/mol. The zero-order valence-electron chi connectivity index (χ0n) is 10.6. The van der Waals surface area contributed by atoms with E-state index in [4.69, 9.17) is 19.6 Å². The summed E-state index contributed by atoms with van der Waals surface area (Å²) in [6.45, 7) is 1.12. The molecule has 0 bridgehead atoms. The fourth-order valence-electron chi connectivity index (χ4n) is 2.21. The minimum atomic E-state index is -0.299. The Hall–Kier alpha value is -1.62. The Morgan fingerprint density at radius 1 is 1.05 bits per heavy atom. The van der Waals surface area contributed by atoms with Crippen molar-refractivity contribution in [3.63, 3.8) is 0 Å². The Bertz CT molecular complexity index is 497. The van der Waals surface area contributed by atoms with Crippen LogP contribution in [0.4, 0.5) is 0 Å². The summed E-state index contributed by atoms with van der Waals surface area (Å²) in [4.78, 5) is 0. The van der Waals surface area contributed by atoms with E-state index in [2.05, 4.69) is 12.1 Å². The molecule has 2 aromatic rings. The normalized spacial score (nSPS) is 17.7. The Morgan fingerprint density at radius 2 is 1.74 bits per heavy atom. The molecule has 0 radical (unpaired) electrons. The summed E-state index contributed by atoms with van der Waals surface area (Å²) < 4.78 is 16.8. The van der Waals surface area contributed by atoms with Gasteiger partial charge >= 0.3 is 0 Å². The number of nitrogens with two attached hydrogens (primary N) is 1. The summed E-state index contributed by atoms with van der Waals surface area (Å²) in [5.41, 5.74) is 8.43. The topological polar surface area (TPSA) is 57.6 Å². The molecule has 0 aliphatic carbocycles. The summed E-state index contributed by atoms with van der Waals surface area (Å²) in [5, 5.41) is 0. The molecular formula is C15H17NO3. The highest BCUT2D eigenvalue weighted by Gasteiger charge is 2.21. The number of rotatable bonds is 3. The maximum Gasteiger partial charge on any atom is 0.160 e. The van der Waals surface area contributed by atoms with Gasteiger partial charge in [0.15, 0.2) is 6.29 Å². The van der Waals surface area contributed by atoms with Crippen molar-refractivity contribution >= 4 is 0 Å². The third-order valence-electron chi connectivity index (χ3n) is 3.32. The Balaban J connectivity index is 1.63. The van der Waals surface area contributed by atoms with Crippen molar-refractivity contribution < 1.29 is 13.9 Å². The van der Waals surface area contributed by atoms with E-state index in [0.717, 1.165) is 5.76 Å². The molecule has 4 heteroatoms. The second kappa shape index (κ2) is 5.57. The third-order valence-corrected chi connectivity index (χ3v) is 3.32. The fourth-order valence-corrected chi connectivity index (χ4v) is 2.21. The van der Waals surface area contributed by atoms with E-state index in [-0.39, 0.29) is 12.3 Å². The first-order valence-corrected chi connectivity index (χ1v) is 6.42. The second-order valence-electron chi connectivity index (χ2n) is 4.68. The minimum absolute atomic E-state index is 0.207. The van der Waals surface area contributed by atoms with Gasteiger partial charge in [0, 0.05) is 6.42 Å². The number of hydrogen-bond donors (Lipinski definition) is 1. The van der Waals surface area contributed by atoms with Crippen molar-refractivity contribution in [1.82, 2.24) is 0 Å².